The van der Waals surface area contributed by atoms with Gasteiger partial charge < -0.3 is 9.55 Å². The first-order valence-electron chi connectivity index (χ1n) is 14.7. The fraction of sp³-hybridized carbons (Fsp3) is 0. The Balaban J connectivity index is 1.32. The average molecular weight is 565 g/mol. The summed E-state index contributed by atoms with van der Waals surface area (Å²) < 4.78 is 5.09. The molecule has 7 aromatic carbocycles. The van der Waals surface area contributed by atoms with Gasteiger partial charge in [0.05, 0.1) is 22.2 Å². The third-order valence-electron chi connectivity index (χ3n) is 9.12. The quantitative estimate of drug-likeness (QED) is 0.216. The molecular formula is C40H24N2S. The van der Waals surface area contributed by atoms with Crippen LogP contribution in [-0.2, 0) is 0 Å². The number of para-hydroxylation sites is 2. The molecule has 0 aliphatic heterocycles. The minimum atomic E-state index is 1.18. The predicted molar refractivity (Wildman–Crippen MR) is 186 cm³/mol. The van der Waals surface area contributed by atoms with Crippen molar-refractivity contribution in [3.05, 3.63) is 140 Å². The molecule has 0 saturated heterocycles. The smallest absolute Gasteiger partial charge is 0.0559 e. The van der Waals surface area contributed by atoms with Crippen LogP contribution in [0.3, 0.4) is 0 Å². The van der Waals surface area contributed by atoms with E-state index in [1.807, 2.05) is 11.3 Å². The molecule has 0 atom stereocenters. The van der Waals surface area contributed by atoms with E-state index in [1.165, 1.54) is 91.4 Å². The second kappa shape index (κ2) is 8.57. The lowest BCUT2D eigenvalue weighted by Gasteiger charge is -2.12. The Morgan fingerprint density at radius 2 is 1.23 bits per heavy atom. The van der Waals surface area contributed by atoms with Crippen LogP contribution in [0.25, 0.3) is 91.4 Å². The van der Waals surface area contributed by atoms with E-state index in [1.54, 1.807) is 0 Å². The fourth-order valence-electron chi connectivity index (χ4n) is 7.22. The van der Waals surface area contributed by atoms with Gasteiger partial charge in [-0.05, 0) is 53.4 Å². The van der Waals surface area contributed by atoms with Gasteiger partial charge in [-0.1, -0.05) is 97.1 Å². The van der Waals surface area contributed by atoms with Crippen molar-refractivity contribution in [2.24, 2.45) is 0 Å². The highest BCUT2D eigenvalue weighted by Gasteiger charge is 2.19. The zero-order valence-electron chi connectivity index (χ0n) is 23.1. The van der Waals surface area contributed by atoms with Crippen LogP contribution in [0.5, 0.6) is 0 Å². The first-order chi connectivity index (χ1) is 21.3. The van der Waals surface area contributed by atoms with E-state index < -0.39 is 0 Å². The number of thiophene rings is 1. The number of aromatic amines is 1. The maximum Gasteiger partial charge on any atom is 0.0559 e. The first kappa shape index (κ1) is 23.2. The Labute approximate surface area is 251 Å². The van der Waals surface area contributed by atoms with Gasteiger partial charge in [0, 0.05) is 58.2 Å². The van der Waals surface area contributed by atoms with Crippen LogP contribution in [0.15, 0.2) is 140 Å². The number of fused-ring (bicyclic) bond motifs is 11. The summed E-state index contributed by atoms with van der Waals surface area (Å²) in [7, 11) is 0. The van der Waals surface area contributed by atoms with Crippen LogP contribution in [0, 0.1) is 0 Å². The van der Waals surface area contributed by atoms with Crippen molar-refractivity contribution in [2.45, 2.75) is 0 Å². The Kier molecular flexibility index (Phi) is 4.63. The van der Waals surface area contributed by atoms with Gasteiger partial charge in [0.1, 0.15) is 0 Å². The largest absolute Gasteiger partial charge is 0.354 e. The summed E-state index contributed by atoms with van der Waals surface area (Å²) in [6.45, 7) is 0. The molecular weight excluding hydrogens is 541 g/mol. The van der Waals surface area contributed by atoms with Crippen LogP contribution < -0.4 is 0 Å². The van der Waals surface area contributed by atoms with Gasteiger partial charge in [0.25, 0.3) is 0 Å². The molecule has 3 heteroatoms. The standard InChI is InChI=1S/C40H24N2S/c1-2-12-26-24(10-1)11-9-18-34(26)42-35-17-7-4-14-28(35)31-22-25(20-21-36(31)42)30-23-32-27-13-3-6-16-33(27)41-39(32)38-29-15-5-8-19-37(29)43-40(30)38/h1-23,41H. The van der Waals surface area contributed by atoms with Crippen LogP contribution in [-0.4, -0.2) is 9.55 Å². The molecule has 0 radical (unpaired) electrons. The van der Waals surface area contributed by atoms with E-state index >= 15 is 0 Å². The molecule has 10 aromatic rings. The van der Waals surface area contributed by atoms with Crippen LogP contribution in [0.2, 0.25) is 0 Å². The van der Waals surface area contributed by atoms with Gasteiger partial charge >= 0.3 is 0 Å². The van der Waals surface area contributed by atoms with Gasteiger partial charge in [-0.3, -0.25) is 0 Å². The molecule has 1 N–H and O–H groups in total. The molecule has 0 spiro atoms. The summed E-state index contributed by atoms with van der Waals surface area (Å²) in [5.41, 5.74) is 8.61. The van der Waals surface area contributed by atoms with Crippen molar-refractivity contribution < 1.29 is 0 Å². The van der Waals surface area contributed by atoms with Gasteiger partial charge in [-0.15, -0.1) is 11.3 Å². The van der Waals surface area contributed by atoms with Crippen molar-refractivity contribution in [1.82, 2.24) is 9.55 Å². The summed E-state index contributed by atoms with van der Waals surface area (Å²) in [6, 6.07) is 51.1. The van der Waals surface area contributed by atoms with Crippen LogP contribution >= 0.6 is 11.3 Å². The lowest BCUT2D eigenvalue weighted by atomic mass is 9.97. The van der Waals surface area contributed by atoms with Crippen molar-refractivity contribution >= 4 is 85.9 Å². The summed E-state index contributed by atoms with van der Waals surface area (Å²) in [4.78, 5) is 3.77. The molecule has 0 aliphatic carbocycles. The number of hydrogen-bond donors (Lipinski definition) is 1. The summed E-state index contributed by atoms with van der Waals surface area (Å²) in [5, 5.41) is 10.2. The number of hydrogen-bond acceptors (Lipinski definition) is 1. The van der Waals surface area contributed by atoms with Crippen molar-refractivity contribution in [3.8, 4) is 16.8 Å². The SMILES string of the molecule is c1ccc2c(-n3c4ccccc4c4cc(-c5cc6c7ccccc7[nH]c6c6c5sc5ccccc56)ccc43)cccc2c1. The van der Waals surface area contributed by atoms with Crippen molar-refractivity contribution in [3.63, 3.8) is 0 Å². The summed E-state index contributed by atoms with van der Waals surface area (Å²) in [5.74, 6) is 0. The summed E-state index contributed by atoms with van der Waals surface area (Å²) in [6.07, 6.45) is 0. The number of nitrogens with one attached hydrogen (secondary N) is 1. The van der Waals surface area contributed by atoms with Gasteiger partial charge in [-0.2, -0.15) is 0 Å². The molecule has 43 heavy (non-hydrogen) atoms. The molecule has 3 aromatic heterocycles. The third-order valence-corrected chi connectivity index (χ3v) is 10.3. The first-order valence-corrected chi connectivity index (χ1v) is 15.5. The molecule has 0 saturated carbocycles. The van der Waals surface area contributed by atoms with E-state index in [9.17, 15) is 0 Å². The molecule has 0 unspecified atom stereocenters. The maximum absolute atomic E-state index is 3.77. The number of benzene rings is 7. The van der Waals surface area contributed by atoms with Crippen molar-refractivity contribution in [1.29, 1.82) is 0 Å². The zero-order chi connectivity index (χ0) is 28.1. The number of rotatable bonds is 2. The number of aromatic nitrogens is 2. The van der Waals surface area contributed by atoms with Gasteiger partial charge in [-0.25, -0.2) is 0 Å². The second-order valence-electron chi connectivity index (χ2n) is 11.4. The van der Waals surface area contributed by atoms with Crippen LogP contribution in [0.1, 0.15) is 0 Å². The molecule has 2 nitrogen and oxygen atoms in total. The molecule has 0 fully saturated rings. The van der Waals surface area contributed by atoms with E-state index in [-0.39, 0.29) is 0 Å². The Morgan fingerprint density at radius 3 is 2.16 bits per heavy atom. The van der Waals surface area contributed by atoms with E-state index in [0.717, 1.165) is 0 Å². The number of H-pyrrole nitrogens is 1. The molecule has 0 aliphatic rings. The predicted octanol–water partition coefficient (Wildman–Crippen LogP) is 11.6. The summed E-state index contributed by atoms with van der Waals surface area (Å²) >= 11 is 1.90. The average Bonchev–Trinajstić information content (AvgIpc) is 3.73. The Hall–Kier alpha value is -5.38. The van der Waals surface area contributed by atoms with Gasteiger partial charge in [0.2, 0.25) is 0 Å². The highest BCUT2D eigenvalue weighted by molar-refractivity contribution is 7.26. The molecule has 200 valence electrons. The second-order valence-corrected chi connectivity index (χ2v) is 12.5. The normalized spacial score (nSPS) is 12.2. The Morgan fingerprint density at radius 1 is 0.512 bits per heavy atom. The third kappa shape index (κ3) is 3.17. The monoisotopic (exact) mass is 564 g/mol. The van der Waals surface area contributed by atoms with Gasteiger partial charge in [0.15, 0.2) is 0 Å². The molecule has 10 rings (SSSR count). The van der Waals surface area contributed by atoms with E-state index in [4.69, 9.17) is 0 Å². The van der Waals surface area contributed by atoms with Crippen LogP contribution in [0.4, 0.5) is 0 Å². The minimum Gasteiger partial charge on any atom is -0.354 e. The lowest BCUT2D eigenvalue weighted by Crippen LogP contribution is -1.95. The topological polar surface area (TPSA) is 20.7 Å². The van der Waals surface area contributed by atoms with E-state index in [2.05, 4.69) is 149 Å². The maximum atomic E-state index is 3.77. The van der Waals surface area contributed by atoms with E-state index in [0.29, 0.717) is 0 Å². The number of nitrogens with zero attached hydrogens (tertiary/aromatic N) is 1. The highest BCUT2D eigenvalue weighted by Crippen LogP contribution is 2.46. The fourth-order valence-corrected chi connectivity index (χ4v) is 8.47. The lowest BCUT2D eigenvalue weighted by molar-refractivity contribution is 1.20. The minimum absolute atomic E-state index is 1.18. The van der Waals surface area contributed by atoms with Crippen molar-refractivity contribution in [2.75, 3.05) is 0 Å². The molecule has 0 amide bonds. The Bertz CT molecular complexity index is 2730. The highest BCUT2D eigenvalue weighted by atomic mass is 32.1. The zero-order valence-corrected chi connectivity index (χ0v) is 24.0. The molecule has 3 heterocycles. The molecule has 0 bridgehead atoms.